The summed E-state index contributed by atoms with van der Waals surface area (Å²) in [6.45, 7) is 0. The quantitative estimate of drug-likeness (QED) is 0.651. The topological polar surface area (TPSA) is 79.4 Å². The summed E-state index contributed by atoms with van der Waals surface area (Å²) in [5.41, 5.74) is 1.49. The number of nitriles is 1. The Hall–Kier alpha value is -2.37. The van der Waals surface area contributed by atoms with Gasteiger partial charge in [-0.2, -0.15) is 5.26 Å². The average Bonchev–Trinajstić information content (AvgIpc) is 3.07. The number of aromatic nitrogens is 4. The maximum atomic E-state index is 14.4. The Morgan fingerprint density at radius 3 is 3.00 bits per heavy atom. The van der Waals surface area contributed by atoms with Crippen LogP contribution in [-0.2, 0) is 0 Å². The summed E-state index contributed by atoms with van der Waals surface area (Å²) in [5.74, 6) is 0.0584. The SMILES string of the molecule is CSn1cc(-c2ncc(F)c(NC3CCCC(C#N)C3)n2)c2cc(Cl)cnc21. The highest BCUT2D eigenvalue weighted by Crippen LogP contribution is 2.32. The fourth-order valence-corrected chi connectivity index (χ4v) is 4.29. The van der Waals surface area contributed by atoms with Crippen molar-refractivity contribution < 1.29 is 4.39 Å². The maximum absolute atomic E-state index is 14.4. The van der Waals surface area contributed by atoms with E-state index in [0.717, 1.165) is 35.9 Å². The third-order valence-corrected chi connectivity index (χ3v) is 5.84. The first kappa shape index (κ1) is 19.0. The number of anilines is 1. The number of nitrogens with zero attached hydrogens (tertiary/aromatic N) is 5. The number of rotatable bonds is 4. The summed E-state index contributed by atoms with van der Waals surface area (Å²) in [4.78, 5) is 13.0. The van der Waals surface area contributed by atoms with Crippen LogP contribution < -0.4 is 5.32 Å². The largest absolute Gasteiger partial charge is 0.365 e. The molecule has 9 heteroatoms. The summed E-state index contributed by atoms with van der Waals surface area (Å²) < 4.78 is 16.3. The van der Waals surface area contributed by atoms with Gasteiger partial charge in [0.25, 0.3) is 0 Å². The van der Waals surface area contributed by atoms with Crippen LogP contribution in [0.15, 0.2) is 24.7 Å². The van der Waals surface area contributed by atoms with Crippen LogP contribution >= 0.6 is 23.5 Å². The first-order valence-electron chi connectivity index (χ1n) is 8.99. The highest BCUT2D eigenvalue weighted by molar-refractivity contribution is 7.97. The zero-order valence-corrected chi connectivity index (χ0v) is 16.8. The van der Waals surface area contributed by atoms with Crippen molar-refractivity contribution in [3.63, 3.8) is 0 Å². The smallest absolute Gasteiger partial charge is 0.183 e. The molecule has 0 saturated heterocycles. The van der Waals surface area contributed by atoms with Gasteiger partial charge in [0.15, 0.2) is 23.1 Å². The number of halogens is 2. The molecule has 1 aliphatic carbocycles. The van der Waals surface area contributed by atoms with Crippen molar-refractivity contribution in [3.05, 3.63) is 35.5 Å². The van der Waals surface area contributed by atoms with E-state index in [1.165, 1.54) is 18.1 Å². The third-order valence-electron chi connectivity index (χ3n) is 4.96. The number of fused-ring (bicyclic) bond motifs is 1. The van der Waals surface area contributed by atoms with Crippen molar-refractivity contribution in [2.24, 2.45) is 5.92 Å². The Bertz CT molecular complexity index is 1060. The molecule has 3 aromatic heterocycles. The molecular formula is C19H18ClFN6S. The molecule has 0 amide bonds. The Labute approximate surface area is 171 Å². The van der Waals surface area contributed by atoms with Crippen molar-refractivity contribution >= 4 is 40.4 Å². The predicted molar refractivity (Wildman–Crippen MR) is 110 cm³/mol. The van der Waals surface area contributed by atoms with Crippen LogP contribution in [0.5, 0.6) is 0 Å². The molecule has 6 nitrogen and oxygen atoms in total. The van der Waals surface area contributed by atoms with E-state index >= 15 is 0 Å². The van der Waals surface area contributed by atoms with Crippen LogP contribution in [0.1, 0.15) is 25.7 Å². The molecule has 0 bridgehead atoms. The van der Waals surface area contributed by atoms with Crippen LogP contribution in [-0.4, -0.2) is 31.2 Å². The van der Waals surface area contributed by atoms with E-state index in [2.05, 4.69) is 26.3 Å². The van der Waals surface area contributed by atoms with E-state index in [9.17, 15) is 9.65 Å². The van der Waals surface area contributed by atoms with Crippen molar-refractivity contribution in [2.45, 2.75) is 31.7 Å². The maximum Gasteiger partial charge on any atom is 0.183 e. The van der Waals surface area contributed by atoms with Crippen LogP contribution in [0.2, 0.25) is 5.02 Å². The Balaban J connectivity index is 1.70. The summed E-state index contributed by atoms with van der Waals surface area (Å²) in [6, 6.07) is 4.15. The highest BCUT2D eigenvalue weighted by Gasteiger charge is 2.23. The standard InChI is InChI=1S/C19H18ClFN6S/c1-28-27-10-15(14-6-12(20)8-24-19(14)27)17-23-9-16(21)18(26-17)25-13-4-2-3-11(5-13)7-22/h6,8-11,13H,2-5H2,1H3,(H,23,25,26). The van der Waals surface area contributed by atoms with Crippen molar-refractivity contribution in [2.75, 3.05) is 11.6 Å². The lowest BCUT2D eigenvalue weighted by atomic mass is 9.87. The predicted octanol–water partition coefficient (Wildman–Crippen LogP) is 4.91. The number of hydrogen-bond donors (Lipinski definition) is 1. The van der Waals surface area contributed by atoms with Gasteiger partial charge in [0, 0.05) is 41.6 Å². The van der Waals surface area contributed by atoms with Gasteiger partial charge in [0.05, 0.1) is 17.3 Å². The lowest BCUT2D eigenvalue weighted by Gasteiger charge is -2.26. The van der Waals surface area contributed by atoms with Gasteiger partial charge in [0.1, 0.15) is 0 Å². The van der Waals surface area contributed by atoms with Crippen LogP contribution in [0, 0.1) is 23.1 Å². The van der Waals surface area contributed by atoms with Gasteiger partial charge >= 0.3 is 0 Å². The molecule has 0 aromatic carbocycles. The molecule has 1 saturated carbocycles. The fraction of sp³-hybridized carbons (Fsp3) is 0.368. The molecular weight excluding hydrogens is 399 g/mol. The molecule has 0 radical (unpaired) electrons. The molecule has 4 rings (SSSR count). The molecule has 3 heterocycles. The molecule has 2 unspecified atom stereocenters. The zero-order valence-electron chi connectivity index (χ0n) is 15.2. The Morgan fingerprint density at radius 2 is 2.21 bits per heavy atom. The third kappa shape index (κ3) is 3.64. The average molecular weight is 417 g/mol. The fourth-order valence-electron chi connectivity index (χ4n) is 3.60. The van der Waals surface area contributed by atoms with Gasteiger partial charge < -0.3 is 5.32 Å². The lowest BCUT2D eigenvalue weighted by molar-refractivity contribution is 0.393. The van der Waals surface area contributed by atoms with Crippen LogP contribution in [0.4, 0.5) is 10.2 Å². The van der Waals surface area contributed by atoms with Gasteiger partial charge in [-0.3, -0.25) is 3.97 Å². The number of hydrogen-bond acceptors (Lipinski definition) is 6. The minimum Gasteiger partial charge on any atom is -0.365 e. The van der Waals surface area contributed by atoms with Crippen molar-refractivity contribution in [1.29, 1.82) is 5.26 Å². The van der Waals surface area contributed by atoms with Gasteiger partial charge in [-0.05, 0) is 37.3 Å². The van der Waals surface area contributed by atoms with Gasteiger partial charge in [0.2, 0.25) is 0 Å². The van der Waals surface area contributed by atoms with E-state index in [4.69, 9.17) is 11.6 Å². The molecule has 1 fully saturated rings. The van der Waals surface area contributed by atoms with E-state index in [1.807, 2.05) is 22.5 Å². The summed E-state index contributed by atoms with van der Waals surface area (Å²) in [5, 5.41) is 13.7. The minimum absolute atomic E-state index is 0.00314. The first-order valence-corrected chi connectivity index (χ1v) is 10.5. The van der Waals surface area contributed by atoms with Gasteiger partial charge in [-0.15, -0.1) is 0 Å². The van der Waals surface area contributed by atoms with E-state index in [1.54, 1.807) is 6.20 Å². The minimum atomic E-state index is -0.507. The Morgan fingerprint density at radius 1 is 1.36 bits per heavy atom. The van der Waals surface area contributed by atoms with Gasteiger partial charge in [-0.25, -0.2) is 19.3 Å². The normalized spacial score (nSPS) is 19.5. The van der Waals surface area contributed by atoms with E-state index in [0.29, 0.717) is 17.3 Å². The summed E-state index contributed by atoms with van der Waals surface area (Å²) >= 11 is 7.62. The molecule has 1 N–H and O–H groups in total. The van der Waals surface area contributed by atoms with E-state index < -0.39 is 5.82 Å². The molecule has 1 aliphatic rings. The molecule has 3 aromatic rings. The highest BCUT2D eigenvalue weighted by atomic mass is 35.5. The summed E-state index contributed by atoms with van der Waals surface area (Å²) in [7, 11) is 0. The molecule has 144 valence electrons. The molecule has 28 heavy (non-hydrogen) atoms. The second kappa shape index (κ2) is 7.94. The first-order chi connectivity index (χ1) is 13.6. The van der Waals surface area contributed by atoms with Crippen molar-refractivity contribution in [3.8, 4) is 17.5 Å². The monoisotopic (exact) mass is 416 g/mol. The second-order valence-corrected chi connectivity index (χ2v) is 7.99. The van der Waals surface area contributed by atoms with Crippen LogP contribution in [0.25, 0.3) is 22.4 Å². The summed E-state index contributed by atoms with van der Waals surface area (Å²) in [6.07, 6.45) is 10.0. The molecule has 0 spiro atoms. The second-order valence-electron chi connectivity index (χ2n) is 6.80. The number of nitrogens with one attached hydrogen (secondary N) is 1. The van der Waals surface area contributed by atoms with Gasteiger partial charge in [-0.1, -0.05) is 18.0 Å². The molecule has 2 atom stereocenters. The van der Waals surface area contributed by atoms with Crippen molar-refractivity contribution in [1.82, 2.24) is 18.9 Å². The van der Waals surface area contributed by atoms with E-state index in [-0.39, 0.29) is 17.8 Å². The molecule has 0 aliphatic heterocycles. The Kier molecular flexibility index (Phi) is 5.38. The van der Waals surface area contributed by atoms with Crippen LogP contribution in [0.3, 0.4) is 0 Å². The number of pyridine rings is 1. The lowest BCUT2D eigenvalue weighted by Crippen LogP contribution is -2.27. The zero-order chi connectivity index (χ0) is 19.7.